The van der Waals surface area contributed by atoms with Gasteiger partial charge in [0.05, 0.1) is 5.69 Å². The van der Waals surface area contributed by atoms with Crippen LogP contribution in [-0.4, -0.2) is 49.1 Å². The Labute approximate surface area is 181 Å². The lowest BCUT2D eigenvalue weighted by Gasteiger charge is -2.49. The minimum absolute atomic E-state index is 0.0317. The van der Waals surface area contributed by atoms with E-state index >= 15 is 0 Å². The molecule has 1 aromatic carbocycles. The zero-order valence-corrected chi connectivity index (χ0v) is 18.9. The monoisotopic (exact) mass is 427 g/mol. The van der Waals surface area contributed by atoms with Gasteiger partial charge in [-0.15, -0.1) is 4.91 Å². The van der Waals surface area contributed by atoms with Gasteiger partial charge in [-0.2, -0.15) is 5.10 Å². The smallest absolute Gasteiger partial charge is 0.162 e. The second kappa shape index (κ2) is 8.31. The van der Waals surface area contributed by atoms with Crippen LogP contribution in [0.15, 0.2) is 41.8 Å². The molecule has 0 aliphatic carbocycles. The van der Waals surface area contributed by atoms with E-state index in [0.29, 0.717) is 11.3 Å². The Hall–Kier alpha value is -2.52. The van der Waals surface area contributed by atoms with E-state index in [1.54, 1.807) is 41.3 Å². The number of thioether (sulfide) groups is 1. The van der Waals surface area contributed by atoms with Crippen molar-refractivity contribution in [2.24, 2.45) is 5.18 Å². The van der Waals surface area contributed by atoms with E-state index in [1.807, 2.05) is 11.9 Å². The molecule has 8 nitrogen and oxygen atoms in total. The number of hydrogen-bond donors (Lipinski definition) is 3. The largest absolute Gasteiger partial charge is 0.351 e. The molecule has 2 aromatic rings. The molecular formula is C21H29N7OS. The third-order valence-corrected chi connectivity index (χ3v) is 6.23. The van der Waals surface area contributed by atoms with Crippen molar-refractivity contribution in [2.45, 2.75) is 57.7 Å². The molecule has 3 rings (SSSR count). The maximum absolute atomic E-state index is 11.4. The fourth-order valence-corrected chi connectivity index (χ4v) is 5.05. The first-order valence-electron chi connectivity index (χ1n) is 9.86. The Kier molecular flexibility index (Phi) is 6.14. The molecule has 0 spiro atoms. The lowest BCUT2D eigenvalue weighted by molar-refractivity contribution is 0.114. The Morgan fingerprint density at radius 1 is 1.27 bits per heavy atom. The van der Waals surface area contributed by atoms with Gasteiger partial charge in [0.1, 0.15) is 10.7 Å². The van der Waals surface area contributed by atoms with E-state index in [1.165, 1.54) is 0 Å². The molecule has 30 heavy (non-hydrogen) atoms. The van der Waals surface area contributed by atoms with Crippen molar-refractivity contribution in [3.05, 3.63) is 47.1 Å². The molecule has 0 atom stereocenters. The summed E-state index contributed by atoms with van der Waals surface area (Å²) in [5.41, 5.74) is 1.21. The van der Waals surface area contributed by atoms with Crippen molar-refractivity contribution in [3.8, 4) is 5.69 Å². The van der Waals surface area contributed by atoms with Crippen LogP contribution in [0, 0.1) is 15.7 Å². The quantitative estimate of drug-likeness (QED) is 0.378. The van der Waals surface area contributed by atoms with Crippen LogP contribution >= 0.6 is 11.8 Å². The number of nitrogens with zero attached hydrogens (tertiary/aromatic N) is 4. The highest BCUT2D eigenvalue weighted by Crippen LogP contribution is 2.33. The van der Waals surface area contributed by atoms with Crippen LogP contribution < -0.4 is 5.32 Å². The summed E-state index contributed by atoms with van der Waals surface area (Å²) < 4.78 is 1.63. The van der Waals surface area contributed by atoms with Gasteiger partial charge in [0.2, 0.25) is 0 Å². The molecule has 9 heteroatoms. The number of rotatable bonds is 4. The first kappa shape index (κ1) is 22.2. The number of amidine groups is 1. The van der Waals surface area contributed by atoms with Gasteiger partial charge in [0.15, 0.2) is 5.17 Å². The van der Waals surface area contributed by atoms with Crippen molar-refractivity contribution in [3.63, 3.8) is 0 Å². The first-order valence-corrected chi connectivity index (χ1v) is 10.7. The van der Waals surface area contributed by atoms with Gasteiger partial charge in [0.25, 0.3) is 0 Å². The zero-order chi connectivity index (χ0) is 22.1. The summed E-state index contributed by atoms with van der Waals surface area (Å²) in [6, 6.07) is 7.07. The lowest BCUT2D eigenvalue weighted by Crippen LogP contribution is -2.62. The van der Waals surface area contributed by atoms with Crippen LogP contribution in [0.4, 0.5) is 5.69 Å². The van der Waals surface area contributed by atoms with E-state index < -0.39 is 0 Å². The average Bonchev–Trinajstić information content (AvgIpc) is 3.19. The first-order chi connectivity index (χ1) is 14.0. The molecule has 1 aromatic heterocycles. The highest BCUT2D eigenvalue weighted by atomic mass is 32.2. The van der Waals surface area contributed by atoms with Crippen molar-refractivity contribution in [2.75, 3.05) is 7.05 Å². The topological polar surface area (TPSA) is 110 Å². The number of aromatic nitrogens is 2. The van der Waals surface area contributed by atoms with Crippen molar-refractivity contribution in [1.29, 1.82) is 10.8 Å². The number of hydrogen-bond acceptors (Lipinski definition) is 7. The molecule has 0 bridgehead atoms. The molecule has 3 N–H and O–H groups in total. The third kappa shape index (κ3) is 4.96. The standard InChI is InChI=1S/C21H29N7OS/c1-20(2)12-15(13-21(3,4)26-20)27(5)19(23)30-18(22)16-8-7-14(11-17(16)25-29)28-10-6-9-24-28/h6-11,15,22-23,26H,12-13H2,1-5H3. The van der Waals surface area contributed by atoms with Gasteiger partial charge in [-0.05, 0) is 81.7 Å². The van der Waals surface area contributed by atoms with Gasteiger partial charge in [-0.1, -0.05) is 0 Å². The molecule has 0 saturated carbocycles. The van der Waals surface area contributed by atoms with E-state index in [9.17, 15) is 4.91 Å². The van der Waals surface area contributed by atoms with E-state index in [2.05, 4.69) is 43.3 Å². The van der Waals surface area contributed by atoms with Gasteiger partial charge in [-0.25, -0.2) is 4.68 Å². The second-order valence-electron chi connectivity index (χ2n) is 9.05. The molecule has 2 heterocycles. The zero-order valence-electron chi connectivity index (χ0n) is 18.1. The van der Waals surface area contributed by atoms with Crippen LogP contribution in [0.1, 0.15) is 46.1 Å². The summed E-state index contributed by atoms with van der Waals surface area (Å²) in [6.45, 7) is 8.71. The van der Waals surface area contributed by atoms with Gasteiger partial charge in [0, 0.05) is 42.1 Å². The predicted molar refractivity (Wildman–Crippen MR) is 123 cm³/mol. The maximum atomic E-state index is 11.4. The Morgan fingerprint density at radius 3 is 2.50 bits per heavy atom. The molecular weight excluding hydrogens is 398 g/mol. The van der Waals surface area contributed by atoms with Gasteiger partial charge < -0.3 is 10.2 Å². The van der Waals surface area contributed by atoms with Gasteiger partial charge >= 0.3 is 0 Å². The van der Waals surface area contributed by atoms with Crippen molar-refractivity contribution < 1.29 is 0 Å². The molecule has 0 amide bonds. The van der Waals surface area contributed by atoms with Crippen LogP contribution in [0.5, 0.6) is 0 Å². The fraction of sp³-hybridized carbons (Fsp3) is 0.476. The van der Waals surface area contributed by atoms with E-state index in [-0.39, 0.29) is 33.0 Å². The van der Waals surface area contributed by atoms with Crippen molar-refractivity contribution >= 4 is 27.7 Å². The number of benzene rings is 1. The molecule has 1 aliphatic heterocycles. The normalized spacial score (nSPS) is 18.0. The van der Waals surface area contributed by atoms with Crippen LogP contribution in [-0.2, 0) is 0 Å². The summed E-state index contributed by atoms with van der Waals surface area (Å²) in [7, 11) is 1.91. The molecule has 1 saturated heterocycles. The Morgan fingerprint density at radius 2 is 1.93 bits per heavy atom. The molecule has 0 unspecified atom stereocenters. The lowest BCUT2D eigenvalue weighted by atomic mass is 9.79. The van der Waals surface area contributed by atoms with E-state index in [4.69, 9.17) is 10.8 Å². The molecule has 160 valence electrons. The molecule has 0 radical (unpaired) electrons. The molecule has 1 aliphatic rings. The summed E-state index contributed by atoms with van der Waals surface area (Å²) in [5.74, 6) is 0. The molecule has 1 fully saturated rings. The summed E-state index contributed by atoms with van der Waals surface area (Å²) in [4.78, 5) is 13.3. The van der Waals surface area contributed by atoms with E-state index in [0.717, 1.165) is 24.6 Å². The Bertz CT molecular complexity index is 936. The van der Waals surface area contributed by atoms with Crippen LogP contribution in [0.25, 0.3) is 5.69 Å². The Balaban J connectivity index is 1.74. The van der Waals surface area contributed by atoms with Crippen LogP contribution in [0.3, 0.4) is 0 Å². The fourth-order valence-electron chi connectivity index (χ4n) is 4.28. The summed E-state index contributed by atoms with van der Waals surface area (Å²) in [6.07, 6.45) is 5.24. The minimum Gasteiger partial charge on any atom is -0.351 e. The maximum Gasteiger partial charge on any atom is 0.162 e. The number of nitroso groups, excluding NO2 is 1. The highest BCUT2D eigenvalue weighted by molar-refractivity contribution is 8.26. The van der Waals surface area contributed by atoms with Gasteiger partial charge in [-0.3, -0.25) is 10.8 Å². The number of nitrogens with one attached hydrogen (secondary N) is 3. The predicted octanol–water partition coefficient (Wildman–Crippen LogP) is 4.50. The highest BCUT2D eigenvalue weighted by Gasteiger charge is 2.39. The summed E-state index contributed by atoms with van der Waals surface area (Å²) in [5, 5.41) is 28.4. The third-order valence-electron chi connectivity index (χ3n) is 5.33. The van der Waals surface area contributed by atoms with Crippen LogP contribution in [0.2, 0.25) is 0 Å². The number of piperidine rings is 1. The SMILES string of the molecule is CN(C(=N)SC(=N)c1ccc(-n2cccn2)cc1N=O)C1CC(C)(C)NC(C)(C)C1. The average molecular weight is 428 g/mol. The summed E-state index contributed by atoms with van der Waals surface area (Å²) >= 11 is 1.04. The second-order valence-corrected chi connectivity index (χ2v) is 10.0. The minimum atomic E-state index is -0.0317. The van der Waals surface area contributed by atoms with Crippen molar-refractivity contribution in [1.82, 2.24) is 20.0 Å².